The number of carbonyl (C=O) groups excluding carboxylic acids is 2. The van der Waals surface area contributed by atoms with E-state index in [0.29, 0.717) is 17.5 Å². The van der Waals surface area contributed by atoms with E-state index in [1.807, 2.05) is 32.0 Å². The van der Waals surface area contributed by atoms with Gasteiger partial charge in [0.05, 0.1) is 13.2 Å². The van der Waals surface area contributed by atoms with Crippen molar-refractivity contribution in [1.82, 2.24) is 30.0 Å². The lowest BCUT2D eigenvalue weighted by Gasteiger charge is -2.34. The van der Waals surface area contributed by atoms with Crippen LogP contribution in [-0.2, 0) is 14.3 Å². The van der Waals surface area contributed by atoms with Crippen LogP contribution in [0.15, 0.2) is 43.8 Å². The zero-order chi connectivity index (χ0) is 31.4. The molecule has 0 bridgehead atoms. The van der Waals surface area contributed by atoms with Gasteiger partial charge in [-0.3, -0.25) is 4.79 Å². The minimum atomic E-state index is -1.14. The molecule has 3 atom stereocenters. The zero-order valence-electron chi connectivity index (χ0n) is 25.3. The quantitative estimate of drug-likeness (QED) is 0.299. The first-order chi connectivity index (χ1) is 21.1. The number of ether oxygens (including phenoxy) is 2. The summed E-state index contributed by atoms with van der Waals surface area (Å²) in [6.45, 7) is 11.7. The second-order valence-electron chi connectivity index (χ2n) is 12.5. The molecule has 5 rings (SSSR count). The van der Waals surface area contributed by atoms with E-state index in [-0.39, 0.29) is 36.8 Å². The molecule has 2 aliphatic rings. The Bertz CT molecular complexity index is 1560. The van der Waals surface area contributed by atoms with Gasteiger partial charge in [0.15, 0.2) is 5.65 Å². The van der Waals surface area contributed by atoms with Crippen LogP contribution in [0.4, 0.5) is 4.79 Å². The van der Waals surface area contributed by atoms with Crippen LogP contribution in [0.5, 0.6) is 5.88 Å². The Hall–Kier alpha value is -4.48. The third-order valence-electron chi connectivity index (χ3n) is 8.54. The molecule has 234 valence electrons. The molecule has 1 aromatic carbocycles. The summed E-state index contributed by atoms with van der Waals surface area (Å²) in [4.78, 5) is 40.8. The molecular formula is C32H40N6O6. The largest absolute Gasteiger partial charge is 0.480 e. The number of hydrogen-bond donors (Lipinski definition) is 2. The fraction of sp³-hybridized carbons (Fsp3) is 0.500. The fourth-order valence-electron chi connectivity index (χ4n) is 6.20. The number of nitrogens with one attached hydrogen (secondary N) is 1. The summed E-state index contributed by atoms with van der Waals surface area (Å²) in [5, 5.41) is 27.0. The van der Waals surface area contributed by atoms with Gasteiger partial charge in [0, 0.05) is 22.6 Å². The summed E-state index contributed by atoms with van der Waals surface area (Å²) in [6.07, 6.45) is 8.74. The molecule has 1 aliphatic carbocycles. The number of fused-ring (bicyclic) bond motifs is 3. The first-order valence-electron chi connectivity index (χ1n) is 15.1. The van der Waals surface area contributed by atoms with Gasteiger partial charge < -0.3 is 24.8 Å². The zero-order valence-corrected chi connectivity index (χ0v) is 25.3. The molecule has 0 radical (unpaired) electrons. The summed E-state index contributed by atoms with van der Waals surface area (Å²) < 4.78 is 13.4. The Labute approximate surface area is 256 Å². The molecule has 2 amide bonds. The van der Waals surface area contributed by atoms with Crippen molar-refractivity contribution < 1.29 is 29.0 Å². The third-order valence-corrected chi connectivity index (χ3v) is 8.54. The molecule has 3 heterocycles. The van der Waals surface area contributed by atoms with Crippen molar-refractivity contribution >= 4 is 40.5 Å². The van der Waals surface area contributed by atoms with E-state index >= 15 is 0 Å². The number of benzene rings is 1. The van der Waals surface area contributed by atoms with Gasteiger partial charge in [-0.1, -0.05) is 57.9 Å². The molecule has 44 heavy (non-hydrogen) atoms. The average Bonchev–Trinajstić information content (AvgIpc) is 3.66. The first kappa shape index (κ1) is 31.0. The van der Waals surface area contributed by atoms with Crippen LogP contribution in [0.25, 0.3) is 22.5 Å². The lowest BCUT2D eigenvalue weighted by molar-refractivity contribution is -0.149. The molecule has 12 heteroatoms. The van der Waals surface area contributed by atoms with Crippen molar-refractivity contribution in [3.8, 4) is 5.88 Å². The minimum absolute atomic E-state index is 0.0205. The molecule has 3 aromatic rings. The van der Waals surface area contributed by atoms with Gasteiger partial charge in [-0.05, 0) is 42.9 Å². The Morgan fingerprint density at radius 3 is 2.66 bits per heavy atom. The molecule has 1 saturated carbocycles. The number of alkyl carbamates (subject to hydrolysis) is 1. The van der Waals surface area contributed by atoms with Crippen molar-refractivity contribution in [2.45, 2.75) is 77.0 Å². The third kappa shape index (κ3) is 6.68. The van der Waals surface area contributed by atoms with Crippen molar-refractivity contribution in [1.29, 1.82) is 0 Å². The van der Waals surface area contributed by atoms with Crippen molar-refractivity contribution in [3.63, 3.8) is 0 Å². The highest BCUT2D eigenvalue weighted by atomic mass is 16.5. The maximum atomic E-state index is 14.1. The summed E-state index contributed by atoms with van der Waals surface area (Å²) in [6, 6.07) is 3.61. The highest BCUT2D eigenvalue weighted by molar-refractivity contribution is 5.97. The van der Waals surface area contributed by atoms with Gasteiger partial charge in [0.1, 0.15) is 24.5 Å². The van der Waals surface area contributed by atoms with Gasteiger partial charge >= 0.3 is 12.1 Å². The van der Waals surface area contributed by atoms with E-state index < -0.39 is 36.2 Å². The number of amides is 2. The number of carboxylic acids is 1. The molecule has 1 aliphatic heterocycles. The highest BCUT2D eigenvalue weighted by Crippen LogP contribution is 2.33. The highest BCUT2D eigenvalue weighted by Gasteiger charge is 2.45. The summed E-state index contributed by atoms with van der Waals surface area (Å²) >= 11 is 0. The second kappa shape index (κ2) is 13.0. The number of rotatable bonds is 11. The van der Waals surface area contributed by atoms with Gasteiger partial charge in [0.2, 0.25) is 11.8 Å². The number of carbonyl (C=O) groups is 3. The summed E-state index contributed by atoms with van der Waals surface area (Å²) in [7, 11) is 0. The SMILES string of the molecule is C=CCC(C)(C)COC(=O)NC(C(=O)N1C[C@H](Oc2nn3cnnc3c3ccc(C=C)cc23)C[C@H]1C(=O)O)C1CCCCC1. The number of hydrogen-bond acceptors (Lipinski definition) is 8. The van der Waals surface area contributed by atoms with Crippen LogP contribution in [-0.4, -0.2) is 79.1 Å². The Morgan fingerprint density at radius 1 is 1.18 bits per heavy atom. The average molecular weight is 605 g/mol. The maximum Gasteiger partial charge on any atom is 0.407 e. The normalized spacial score (nSPS) is 19.9. The molecule has 1 saturated heterocycles. The summed E-state index contributed by atoms with van der Waals surface area (Å²) in [5.74, 6) is -1.44. The predicted molar refractivity (Wildman–Crippen MR) is 164 cm³/mol. The molecule has 2 aromatic heterocycles. The molecule has 2 N–H and O–H groups in total. The Balaban J connectivity index is 1.38. The molecule has 0 spiro atoms. The van der Waals surface area contributed by atoms with Crippen LogP contribution in [0.2, 0.25) is 0 Å². The van der Waals surface area contributed by atoms with Crippen LogP contribution in [0.1, 0.15) is 64.4 Å². The monoisotopic (exact) mass is 604 g/mol. The van der Waals surface area contributed by atoms with Gasteiger partial charge in [0.25, 0.3) is 0 Å². The fourth-order valence-corrected chi connectivity index (χ4v) is 6.20. The standard InChI is InChI=1S/C32H40N6O6/c1-5-14-32(3,4)18-43-31(42)34-26(21-10-8-7-9-11-21)29(39)37-17-22(16-25(37)30(40)41)44-28-24-15-20(6-2)12-13-23(24)27-35-33-19-38(27)36-28/h5-6,12-13,15,19,21-22,25-26H,1-2,7-11,14,16-18H2,3-4H3,(H,34,42)(H,40,41)/t22-,25+,26?/m1/s1. The smallest absolute Gasteiger partial charge is 0.407 e. The van der Waals surface area contributed by atoms with E-state index in [2.05, 4.69) is 33.8 Å². The molecule has 1 unspecified atom stereocenters. The minimum Gasteiger partial charge on any atom is -0.480 e. The van der Waals surface area contributed by atoms with Crippen molar-refractivity contribution in [2.75, 3.05) is 13.2 Å². The topological polar surface area (TPSA) is 148 Å². The number of nitrogens with zero attached hydrogens (tertiary/aromatic N) is 5. The second-order valence-corrected chi connectivity index (χ2v) is 12.5. The van der Waals surface area contributed by atoms with Crippen LogP contribution in [0.3, 0.4) is 0 Å². The number of aromatic nitrogens is 4. The van der Waals surface area contributed by atoms with Gasteiger partial charge in [-0.2, -0.15) is 4.52 Å². The Morgan fingerprint density at radius 2 is 1.95 bits per heavy atom. The van der Waals surface area contributed by atoms with E-state index in [0.717, 1.165) is 43.1 Å². The van der Waals surface area contributed by atoms with E-state index in [1.165, 1.54) is 15.7 Å². The predicted octanol–water partition coefficient (Wildman–Crippen LogP) is 4.63. The van der Waals surface area contributed by atoms with Crippen molar-refractivity contribution in [3.05, 3.63) is 49.3 Å². The van der Waals surface area contributed by atoms with Gasteiger partial charge in [-0.25, -0.2) is 9.59 Å². The van der Waals surface area contributed by atoms with E-state index in [9.17, 15) is 19.5 Å². The van der Waals surface area contributed by atoms with E-state index in [4.69, 9.17) is 9.47 Å². The number of carboxylic acid groups (broad SMARTS) is 1. The first-order valence-corrected chi connectivity index (χ1v) is 15.1. The van der Waals surface area contributed by atoms with Crippen LogP contribution in [0, 0.1) is 11.3 Å². The molecular weight excluding hydrogens is 564 g/mol. The molecule has 2 fully saturated rings. The molecule has 12 nitrogen and oxygen atoms in total. The number of allylic oxidation sites excluding steroid dienone is 1. The lowest BCUT2D eigenvalue weighted by atomic mass is 9.83. The number of likely N-dealkylation sites (tertiary alicyclic amines) is 1. The maximum absolute atomic E-state index is 14.1. The van der Waals surface area contributed by atoms with Crippen molar-refractivity contribution in [2.24, 2.45) is 11.3 Å². The lowest BCUT2D eigenvalue weighted by Crippen LogP contribution is -2.55. The summed E-state index contributed by atoms with van der Waals surface area (Å²) in [5.41, 5.74) is 1.09. The van der Waals surface area contributed by atoms with Crippen LogP contribution >= 0.6 is 0 Å². The number of aliphatic carboxylic acids is 1. The van der Waals surface area contributed by atoms with E-state index in [1.54, 1.807) is 12.2 Å². The van der Waals surface area contributed by atoms with Crippen LogP contribution < -0.4 is 10.1 Å². The Kier molecular flexibility index (Phi) is 9.17. The van der Waals surface area contributed by atoms with Gasteiger partial charge in [-0.15, -0.1) is 21.9 Å².